The molecular weight excluding hydrogens is 404 g/mol. The Balaban J connectivity index is 1.49. The van der Waals surface area contributed by atoms with Gasteiger partial charge in [-0.25, -0.2) is 4.98 Å². The summed E-state index contributed by atoms with van der Waals surface area (Å²) in [6.45, 7) is 5.73. The van der Waals surface area contributed by atoms with E-state index in [9.17, 15) is 9.59 Å². The van der Waals surface area contributed by atoms with Crippen LogP contribution in [0.2, 0.25) is 5.02 Å². The summed E-state index contributed by atoms with van der Waals surface area (Å²) in [7, 11) is 0. The van der Waals surface area contributed by atoms with Crippen LogP contribution in [-0.4, -0.2) is 49.6 Å². The molecular formula is C22H25ClN4O3. The van der Waals surface area contributed by atoms with E-state index in [0.29, 0.717) is 30.4 Å². The van der Waals surface area contributed by atoms with Gasteiger partial charge >= 0.3 is 0 Å². The lowest BCUT2D eigenvalue weighted by molar-refractivity contribution is -0.134. The van der Waals surface area contributed by atoms with Crippen LogP contribution in [0.25, 0.3) is 0 Å². The second-order valence-corrected chi connectivity index (χ2v) is 7.80. The molecule has 2 aliphatic heterocycles. The van der Waals surface area contributed by atoms with Crippen LogP contribution < -0.4 is 19.9 Å². The Hall–Kier alpha value is -2.80. The van der Waals surface area contributed by atoms with Crippen molar-refractivity contribution in [2.75, 3.05) is 42.6 Å². The number of piperidine rings is 1. The SMILES string of the molecule is CCOc1ncccc1N1CCN(c2cccc(C3CCC(=O)NC3=O)c2Cl)CC1. The van der Waals surface area contributed by atoms with Crippen LogP contribution in [0.15, 0.2) is 36.5 Å². The van der Waals surface area contributed by atoms with E-state index in [2.05, 4.69) is 20.1 Å². The molecule has 1 unspecified atom stereocenters. The van der Waals surface area contributed by atoms with Crippen LogP contribution in [0.4, 0.5) is 11.4 Å². The summed E-state index contributed by atoms with van der Waals surface area (Å²) in [5, 5.41) is 3.01. The van der Waals surface area contributed by atoms with Gasteiger partial charge in [-0.2, -0.15) is 0 Å². The number of aromatic nitrogens is 1. The molecule has 1 atom stereocenters. The molecule has 2 amide bonds. The standard InChI is InChI=1S/C22H25ClN4O3/c1-2-30-22-18(7-4-10-24-22)27-13-11-26(12-14-27)17-6-3-5-15(20(17)23)16-8-9-19(28)25-21(16)29/h3-7,10,16H,2,8-9,11-14H2,1H3,(H,25,28,29). The van der Waals surface area contributed by atoms with E-state index >= 15 is 0 Å². The van der Waals surface area contributed by atoms with Crippen molar-refractivity contribution in [3.63, 3.8) is 0 Å². The molecule has 7 nitrogen and oxygen atoms in total. The fourth-order valence-electron chi connectivity index (χ4n) is 4.10. The van der Waals surface area contributed by atoms with E-state index < -0.39 is 0 Å². The molecule has 3 heterocycles. The van der Waals surface area contributed by atoms with Crippen molar-refractivity contribution in [1.82, 2.24) is 10.3 Å². The number of carbonyl (C=O) groups is 2. The number of hydrogen-bond acceptors (Lipinski definition) is 6. The van der Waals surface area contributed by atoms with E-state index in [4.69, 9.17) is 16.3 Å². The van der Waals surface area contributed by atoms with Gasteiger partial charge in [-0.05, 0) is 37.1 Å². The largest absolute Gasteiger partial charge is 0.476 e. The quantitative estimate of drug-likeness (QED) is 0.738. The molecule has 0 spiro atoms. The van der Waals surface area contributed by atoms with Crippen LogP contribution in [-0.2, 0) is 9.59 Å². The van der Waals surface area contributed by atoms with Crippen molar-refractivity contribution in [3.05, 3.63) is 47.1 Å². The molecule has 0 radical (unpaired) electrons. The first-order chi connectivity index (χ1) is 14.6. The predicted molar refractivity (Wildman–Crippen MR) is 116 cm³/mol. The Morgan fingerprint density at radius 2 is 1.80 bits per heavy atom. The van der Waals surface area contributed by atoms with Crippen molar-refractivity contribution in [1.29, 1.82) is 0 Å². The Bertz CT molecular complexity index is 944. The van der Waals surface area contributed by atoms with Gasteiger partial charge in [0.1, 0.15) is 0 Å². The summed E-state index contributed by atoms with van der Waals surface area (Å²) in [4.78, 5) is 32.6. The number of halogens is 1. The Morgan fingerprint density at radius 1 is 1.10 bits per heavy atom. The van der Waals surface area contributed by atoms with E-state index in [0.717, 1.165) is 43.1 Å². The number of hydrogen-bond donors (Lipinski definition) is 1. The van der Waals surface area contributed by atoms with Crippen molar-refractivity contribution in [3.8, 4) is 5.88 Å². The van der Waals surface area contributed by atoms with Gasteiger partial charge in [0.15, 0.2) is 0 Å². The fourth-order valence-corrected chi connectivity index (χ4v) is 4.48. The third-order valence-electron chi connectivity index (χ3n) is 5.62. The Kier molecular flexibility index (Phi) is 6.08. The Labute approximate surface area is 181 Å². The van der Waals surface area contributed by atoms with Crippen LogP contribution in [0.5, 0.6) is 5.88 Å². The minimum atomic E-state index is -0.388. The van der Waals surface area contributed by atoms with Gasteiger partial charge in [0.25, 0.3) is 0 Å². The maximum Gasteiger partial charge on any atom is 0.237 e. The maximum absolute atomic E-state index is 12.3. The Morgan fingerprint density at radius 3 is 2.50 bits per heavy atom. The lowest BCUT2D eigenvalue weighted by Gasteiger charge is -2.38. The van der Waals surface area contributed by atoms with Gasteiger partial charge in [0, 0.05) is 38.8 Å². The van der Waals surface area contributed by atoms with Gasteiger partial charge in [0.2, 0.25) is 17.7 Å². The minimum absolute atomic E-state index is 0.221. The van der Waals surface area contributed by atoms with Gasteiger partial charge in [-0.15, -0.1) is 0 Å². The second-order valence-electron chi connectivity index (χ2n) is 7.42. The molecule has 2 saturated heterocycles. The van der Waals surface area contributed by atoms with E-state index in [1.165, 1.54) is 0 Å². The van der Waals surface area contributed by atoms with Crippen LogP contribution in [0, 0.1) is 0 Å². The molecule has 2 aliphatic rings. The summed E-state index contributed by atoms with van der Waals surface area (Å²) in [5.41, 5.74) is 2.71. The minimum Gasteiger partial charge on any atom is -0.476 e. The fraction of sp³-hybridized carbons (Fsp3) is 0.409. The molecule has 0 saturated carbocycles. The van der Waals surface area contributed by atoms with E-state index in [-0.39, 0.29) is 17.7 Å². The monoisotopic (exact) mass is 428 g/mol. The van der Waals surface area contributed by atoms with Gasteiger partial charge < -0.3 is 14.5 Å². The predicted octanol–water partition coefficient (Wildman–Crippen LogP) is 2.98. The third-order valence-corrected chi connectivity index (χ3v) is 6.03. The number of nitrogens with zero attached hydrogens (tertiary/aromatic N) is 3. The average molecular weight is 429 g/mol. The topological polar surface area (TPSA) is 74.8 Å². The number of ether oxygens (including phenoxy) is 1. The first-order valence-electron chi connectivity index (χ1n) is 10.3. The lowest BCUT2D eigenvalue weighted by Crippen LogP contribution is -2.47. The molecule has 2 aromatic rings. The number of nitrogens with one attached hydrogen (secondary N) is 1. The number of pyridine rings is 1. The second kappa shape index (κ2) is 8.92. The number of anilines is 2. The first kappa shape index (κ1) is 20.5. The van der Waals surface area contributed by atoms with E-state index in [1.807, 2.05) is 37.3 Å². The first-order valence-corrected chi connectivity index (χ1v) is 10.7. The highest BCUT2D eigenvalue weighted by molar-refractivity contribution is 6.34. The zero-order valence-electron chi connectivity index (χ0n) is 16.9. The molecule has 1 aromatic carbocycles. The highest BCUT2D eigenvalue weighted by atomic mass is 35.5. The number of imide groups is 1. The van der Waals surface area contributed by atoms with Gasteiger partial charge in [0.05, 0.1) is 28.9 Å². The molecule has 0 aliphatic carbocycles. The summed E-state index contributed by atoms with van der Waals surface area (Å²) in [6, 6.07) is 9.75. The molecule has 2 fully saturated rings. The van der Waals surface area contributed by atoms with Crippen molar-refractivity contribution >= 4 is 34.8 Å². The highest BCUT2D eigenvalue weighted by Crippen LogP contribution is 2.37. The molecule has 30 heavy (non-hydrogen) atoms. The van der Waals surface area contributed by atoms with Crippen LogP contribution in [0.3, 0.4) is 0 Å². The van der Waals surface area contributed by atoms with Crippen LogP contribution >= 0.6 is 11.6 Å². The number of benzene rings is 1. The number of carbonyl (C=O) groups excluding carboxylic acids is 2. The molecule has 158 valence electrons. The lowest BCUT2D eigenvalue weighted by atomic mass is 9.90. The molecule has 1 aromatic heterocycles. The number of piperazine rings is 1. The maximum atomic E-state index is 12.3. The molecule has 1 N–H and O–H groups in total. The smallest absolute Gasteiger partial charge is 0.237 e. The third kappa shape index (κ3) is 4.07. The van der Waals surface area contributed by atoms with Crippen molar-refractivity contribution in [2.45, 2.75) is 25.7 Å². The summed E-state index contributed by atoms with van der Waals surface area (Å²) in [6.07, 6.45) is 2.57. The normalized spacial score (nSPS) is 19.6. The average Bonchev–Trinajstić information content (AvgIpc) is 2.75. The summed E-state index contributed by atoms with van der Waals surface area (Å²) in [5.74, 6) is -0.219. The highest BCUT2D eigenvalue weighted by Gasteiger charge is 2.31. The molecule has 0 bridgehead atoms. The summed E-state index contributed by atoms with van der Waals surface area (Å²) >= 11 is 6.75. The number of amides is 2. The van der Waals surface area contributed by atoms with Gasteiger partial charge in [-0.1, -0.05) is 23.7 Å². The molecule has 8 heteroatoms. The summed E-state index contributed by atoms with van der Waals surface area (Å²) < 4.78 is 5.67. The van der Waals surface area contributed by atoms with Crippen molar-refractivity contribution < 1.29 is 14.3 Å². The zero-order valence-corrected chi connectivity index (χ0v) is 17.7. The number of rotatable bonds is 5. The van der Waals surface area contributed by atoms with Crippen molar-refractivity contribution in [2.24, 2.45) is 0 Å². The van der Waals surface area contributed by atoms with E-state index in [1.54, 1.807) is 6.20 Å². The zero-order chi connectivity index (χ0) is 21.1. The van der Waals surface area contributed by atoms with Gasteiger partial charge in [-0.3, -0.25) is 14.9 Å². The molecule has 4 rings (SSSR count). The van der Waals surface area contributed by atoms with Crippen LogP contribution in [0.1, 0.15) is 31.2 Å².